The van der Waals surface area contributed by atoms with Gasteiger partial charge >= 0.3 is 0 Å². The number of nitrogens with one attached hydrogen (secondary N) is 1. The van der Waals surface area contributed by atoms with E-state index in [1.54, 1.807) is 0 Å². The fourth-order valence-corrected chi connectivity index (χ4v) is 2.99. The van der Waals surface area contributed by atoms with Gasteiger partial charge in [0.05, 0.1) is 5.69 Å². The summed E-state index contributed by atoms with van der Waals surface area (Å²) in [5.74, 6) is 0.903. The van der Waals surface area contributed by atoms with Gasteiger partial charge in [-0.2, -0.15) is 0 Å². The summed E-state index contributed by atoms with van der Waals surface area (Å²) < 4.78 is 7.13. The van der Waals surface area contributed by atoms with E-state index < -0.39 is 0 Å². The monoisotopic (exact) mass is 396 g/mol. The number of aromatic nitrogens is 1. The zero-order chi connectivity index (χ0) is 17.5. The van der Waals surface area contributed by atoms with E-state index in [0.29, 0.717) is 6.61 Å². The SMILES string of the molecule is Cc1ccccc1COc1ccc(Br)cc1CNCc1ccccn1. The topological polar surface area (TPSA) is 34.1 Å². The summed E-state index contributed by atoms with van der Waals surface area (Å²) in [5, 5.41) is 3.43. The highest BCUT2D eigenvalue weighted by Gasteiger charge is 2.06. The molecule has 1 N–H and O–H groups in total. The average molecular weight is 397 g/mol. The van der Waals surface area contributed by atoms with Crippen molar-refractivity contribution in [1.82, 2.24) is 10.3 Å². The van der Waals surface area contributed by atoms with Crippen LogP contribution in [0.1, 0.15) is 22.4 Å². The Morgan fingerprint density at radius 1 is 0.960 bits per heavy atom. The Kier molecular flexibility index (Phi) is 6.20. The van der Waals surface area contributed by atoms with Crippen LogP contribution in [0, 0.1) is 6.92 Å². The van der Waals surface area contributed by atoms with Crippen molar-refractivity contribution in [3.05, 3.63) is 93.7 Å². The molecule has 0 radical (unpaired) electrons. The minimum Gasteiger partial charge on any atom is -0.489 e. The van der Waals surface area contributed by atoms with Crippen LogP contribution in [0.25, 0.3) is 0 Å². The van der Waals surface area contributed by atoms with E-state index in [9.17, 15) is 0 Å². The number of ether oxygens (including phenoxy) is 1. The Morgan fingerprint density at radius 2 is 1.80 bits per heavy atom. The van der Waals surface area contributed by atoms with E-state index >= 15 is 0 Å². The molecule has 3 nitrogen and oxygen atoms in total. The number of halogens is 1. The summed E-state index contributed by atoms with van der Waals surface area (Å²) in [5.41, 5.74) is 4.60. The highest BCUT2D eigenvalue weighted by molar-refractivity contribution is 9.10. The Hall–Kier alpha value is -2.17. The van der Waals surface area contributed by atoms with Crippen LogP contribution in [-0.4, -0.2) is 4.98 Å². The van der Waals surface area contributed by atoms with Crippen molar-refractivity contribution < 1.29 is 4.74 Å². The quantitative estimate of drug-likeness (QED) is 0.608. The Labute approximate surface area is 157 Å². The summed E-state index contributed by atoms with van der Waals surface area (Å²) in [4.78, 5) is 4.33. The Bertz CT molecular complexity index is 821. The number of aryl methyl sites for hydroxylation is 1. The van der Waals surface area contributed by atoms with E-state index in [0.717, 1.165) is 34.6 Å². The molecular weight excluding hydrogens is 376 g/mol. The molecular formula is C21H21BrN2O. The first-order chi connectivity index (χ1) is 12.2. The molecule has 0 atom stereocenters. The van der Waals surface area contributed by atoms with Gasteiger partial charge in [0.1, 0.15) is 12.4 Å². The summed E-state index contributed by atoms with van der Waals surface area (Å²) in [6.07, 6.45) is 1.81. The molecule has 1 aromatic heterocycles. The number of rotatable bonds is 7. The maximum atomic E-state index is 6.09. The van der Waals surface area contributed by atoms with Crippen molar-refractivity contribution in [2.75, 3.05) is 0 Å². The van der Waals surface area contributed by atoms with Gasteiger partial charge in [-0.25, -0.2) is 0 Å². The van der Waals surface area contributed by atoms with Crippen LogP contribution < -0.4 is 10.1 Å². The predicted molar refractivity (Wildman–Crippen MR) is 104 cm³/mol. The van der Waals surface area contributed by atoms with Gasteiger partial charge in [-0.05, 0) is 48.4 Å². The van der Waals surface area contributed by atoms with E-state index in [1.807, 2.05) is 48.7 Å². The second kappa shape index (κ2) is 8.79. The molecule has 0 aliphatic heterocycles. The van der Waals surface area contributed by atoms with Crippen molar-refractivity contribution in [3.8, 4) is 5.75 Å². The average Bonchev–Trinajstić information content (AvgIpc) is 2.63. The van der Waals surface area contributed by atoms with Crippen LogP contribution in [0.2, 0.25) is 0 Å². The molecule has 0 bridgehead atoms. The minimum atomic E-state index is 0.571. The van der Waals surface area contributed by atoms with Crippen LogP contribution in [-0.2, 0) is 19.7 Å². The first-order valence-corrected chi connectivity index (χ1v) is 9.08. The highest BCUT2D eigenvalue weighted by atomic mass is 79.9. The highest BCUT2D eigenvalue weighted by Crippen LogP contribution is 2.24. The lowest BCUT2D eigenvalue weighted by Crippen LogP contribution is -2.14. The zero-order valence-corrected chi connectivity index (χ0v) is 15.8. The maximum absolute atomic E-state index is 6.09. The van der Waals surface area contributed by atoms with Gasteiger partial charge in [-0.3, -0.25) is 4.98 Å². The van der Waals surface area contributed by atoms with E-state index in [4.69, 9.17) is 4.74 Å². The molecule has 3 aromatic rings. The van der Waals surface area contributed by atoms with Crippen LogP contribution in [0.15, 0.2) is 71.3 Å². The van der Waals surface area contributed by atoms with Gasteiger partial charge in [0, 0.05) is 29.3 Å². The molecule has 0 saturated heterocycles. The Morgan fingerprint density at radius 3 is 2.60 bits per heavy atom. The molecule has 0 aliphatic carbocycles. The fourth-order valence-electron chi connectivity index (χ4n) is 2.58. The molecule has 0 spiro atoms. The number of hydrogen-bond acceptors (Lipinski definition) is 3. The van der Waals surface area contributed by atoms with Gasteiger partial charge in [0.25, 0.3) is 0 Å². The molecule has 0 unspecified atom stereocenters. The maximum Gasteiger partial charge on any atom is 0.124 e. The summed E-state index contributed by atoms with van der Waals surface area (Å²) in [6, 6.07) is 20.4. The predicted octanol–water partition coefficient (Wildman–Crippen LogP) is 5.02. The molecule has 25 heavy (non-hydrogen) atoms. The van der Waals surface area contributed by atoms with Gasteiger partial charge in [-0.1, -0.05) is 46.3 Å². The van der Waals surface area contributed by atoms with E-state index in [1.165, 1.54) is 11.1 Å². The lowest BCUT2D eigenvalue weighted by atomic mass is 10.1. The zero-order valence-electron chi connectivity index (χ0n) is 14.2. The summed E-state index contributed by atoms with van der Waals surface area (Å²) in [6.45, 7) is 4.13. The summed E-state index contributed by atoms with van der Waals surface area (Å²) in [7, 11) is 0. The molecule has 3 rings (SSSR count). The molecule has 128 valence electrons. The molecule has 0 aliphatic rings. The van der Waals surface area contributed by atoms with Crippen LogP contribution in [0.4, 0.5) is 0 Å². The smallest absolute Gasteiger partial charge is 0.124 e. The molecule has 4 heteroatoms. The van der Waals surface area contributed by atoms with Crippen molar-refractivity contribution in [2.24, 2.45) is 0 Å². The first-order valence-electron chi connectivity index (χ1n) is 8.29. The fraction of sp³-hybridized carbons (Fsp3) is 0.190. The third-order valence-electron chi connectivity index (χ3n) is 4.01. The van der Waals surface area contributed by atoms with Crippen molar-refractivity contribution >= 4 is 15.9 Å². The normalized spacial score (nSPS) is 10.6. The molecule has 0 saturated carbocycles. The number of nitrogens with zero attached hydrogens (tertiary/aromatic N) is 1. The Balaban J connectivity index is 1.64. The summed E-state index contributed by atoms with van der Waals surface area (Å²) >= 11 is 3.55. The second-order valence-electron chi connectivity index (χ2n) is 5.89. The molecule has 2 aromatic carbocycles. The van der Waals surface area contributed by atoms with Gasteiger partial charge in [-0.15, -0.1) is 0 Å². The van der Waals surface area contributed by atoms with E-state index in [2.05, 4.69) is 51.4 Å². The van der Waals surface area contributed by atoms with Crippen LogP contribution in [0.3, 0.4) is 0 Å². The third-order valence-corrected chi connectivity index (χ3v) is 4.51. The lowest BCUT2D eigenvalue weighted by molar-refractivity contribution is 0.301. The molecule has 0 amide bonds. The number of pyridine rings is 1. The molecule has 1 heterocycles. The minimum absolute atomic E-state index is 0.571. The number of hydrogen-bond donors (Lipinski definition) is 1. The van der Waals surface area contributed by atoms with Crippen LogP contribution in [0.5, 0.6) is 5.75 Å². The van der Waals surface area contributed by atoms with Crippen LogP contribution >= 0.6 is 15.9 Å². The third kappa shape index (κ3) is 5.15. The van der Waals surface area contributed by atoms with Crippen molar-refractivity contribution in [2.45, 2.75) is 26.6 Å². The van der Waals surface area contributed by atoms with Gasteiger partial charge < -0.3 is 10.1 Å². The van der Waals surface area contributed by atoms with Crippen molar-refractivity contribution in [3.63, 3.8) is 0 Å². The van der Waals surface area contributed by atoms with Crippen molar-refractivity contribution in [1.29, 1.82) is 0 Å². The van der Waals surface area contributed by atoms with Gasteiger partial charge in [0.2, 0.25) is 0 Å². The second-order valence-corrected chi connectivity index (χ2v) is 6.81. The van der Waals surface area contributed by atoms with Gasteiger partial charge in [0.15, 0.2) is 0 Å². The standard InChI is InChI=1S/C21H21BrN2O/c1-16-6-2-3-7-17(16)15-25-21-10-9-19(22)12-18(21)13-23-14-20-8-4-5-11-24-20/h2-12,23H,13-15H2,1H3. The lowest BCUT2D eigenvalue weighted by Gasteiger charge is -2.14. The number of benzene rings is 2. The first kappa shape index (κ1) is 17.6. The largest absolute Gasteiger partial charge is 0.489 e. The van der Waals surface area contributed by atoms with E-state index in [-0.39, 0.29) is 0 Å². The molecule has 0 fully saturated rings.